The van der Waals surface area contributed by atoms with Gasteiger partial charge in [0.05, 0.1) is 0 Å². The topological polar surface area (TPSA) is 26.0 Å². The molecular weight excluding hydrogens is 172 g/mol. The van der Waals surface area contributed by atoms with Crippen molar-refractivity contribution in [3.63, 3.8) is 0 Å². The summed E-state index contributed by atoms with van der Waals surface area (Å²) in [6.45, 7) is 0. The summed E-state index contributed by atoms with van der Waals surface area (Å²) in [4.78, 5) is 0. The zero-order chi connectivity index (χ0) is 9.42. The average molecular weight is 183 g/mol. The molecule has 2 N–H and O–H groups in total. The SMILES string of the molecule is Nc1ccccc1C1CC1C(F)F. The van der Waals surface area contributed by atoms with Crippen LogP contribution in [-0.4, -0.2) is 6.43 Å². The molecule has 0 radical (unpaired) electrons. The van der Waals surface area contributed by atoms with E-state index in [4.69, 9.17) is 5.73 Å². The third-order valence-electron chi connectivity index (χ3n) is 2.56. The second kappa shape index (κ2) is 2.98. The summed E-state index contributed by atoms with van der Waals surface area (Å²) >= 11 is 0. The van der Waals surface area contributed by atoms with Crippen molar-refractivity contribution >= 4 is 5.69 Å². The predicted molar refractivity (Wildman–Crippen MR) is 47.7 cm³/mol. The third kappa shape index (κ3) is 1.50. The molecule has 0 heterocycles. The van der Waals surface area contributed by atoms with Gasteiger partial charge in [-0.1, -0.05) is 18.2 Å². The maximum absolute atomic E-state index is 12.2. The summed E-state index contributed by atoms with van der Waals surface area (Å²) in [6.07, 6.45) is -1.63. The minimum Gasteiger partial charge on any atom is -0.398 e. The van der Waals surface area contributed by atoms with Crippen LogP contribution in [0.4, 0.5) is 14.5 Å². The summed E-state index contributed by atoms with van der Waals surface area (Å²) in [7, 11) is 0. The molecule has 1 fully saturated rings. The van der Waals surface area contributed by atoms with E-state index < -0.39 is 12.3 Å². The van der Waals surface area contributed by atoms with Crippen LogP contribution in [0.2, 0.25) is 0 Å². The Kier molecular flexibility index (Phi) is 1.94. The van der Waals surface area contributed by atoms with Crippen molar-refractivity contribution < 1.29 is 8.78 Å². The lowest BCUT2D eigenvalue weighted by atomic mass is 10.1. The second-order valence-corrected chi connectivity index (χ2v) is 3.47. The lowest BCUT2D eigenvalue weighted by Crippen LogP contribution is -1.97. The molecule has 1 aromatic rings. The van der Waals surface area contributed by atoms with Crippen molar-refractivity contribution in [2.24, 2.45) is 5.92 Å². The van der Waals surface area contributed by atoms with Crippen molar-refractivity contribution in [3.05, 3.63) is 29.8 Å². The number of alkyl halides is 2. The molecule has 2 unspecified atom stereocenters. The summed E-state index contributed by atoms with van der Waals surface area (Å²) in [5.41, 5.74) is 7.20. The number of benzene rings is 1. The summed E-state index contributed by atoms with van der Waals surface area (Å²) in [5.74, 6) is -0.481. The number of nitrogens with two attached hydrogens (primary N) is 1. The first-order valence-corrected chi connectivity index (χ1v) is 4.32. The van der Waals surface area contributed by atoms with E-state index in [1.54, 1.807) is 6.07 Å². The fourth-order valence-corrected chi connectivity index (χ4v) is 1.70. The van der Waals surface area contributed by atoms with Gasteiger partial charge in [0.25, 0.3) is 0 Å². The Morgan fingerprint density at radius 3 is 2.54 bits per heavy atom. The van der Waals surface area contributed by atoms with E-state index in [0.29, 0.717) is 12.1 Å². The number of hydrogen-bond acceptors (Lipinski definition) is 1. The maximum Gasteiger partial charge on any atom is 0.242 e. The Bertz CT molecular complexity index is 312. The number of hydrogen-bond donors (Lipinski definition) is 1. The summed E-state index contributed by atoms with van der Waals surface area (Å²) in [6, 6.07) is 7.25. The van der Waals surface area contributed by atoms with Gasteiger partial charge < -0.3 is 5.73 Å². The van der Waals surface area contributed by atoms with Gasteiger partial charge in [0, 0.05) is 11.6 Å². The lowest BCUT2D eigenvalue weighted by Gasteiger charge is -2.03. The van der Waals surface area contributed by atoms with Gasteiger partial charge >= 0.3 is 0 Å². The van der Waals surface area contributed by atoms with Gasteiger partial charge in [-0.25, -0.2) is 8.78 Å². The summed E-state index contributed by atoms with van der Waals surface area (Å²) in [5, 5.41) is 0. The number of rotatable bonds is 2. The molecule has 1 saturated carbocycles. The Morgan fingerprint density at radius 1 is 1.31 bits per heavy atom. The van der Waals surface area contributed by atoms with E-state index in [2.05, 4.69) is 0 Å². The standard InChI is InChI=1S/C10H11F2N/c11-10(12)8-5-7(8)6-3-1-2-4-9(6)13/h1-4,7-8,10H,5,13H2. The quantitative estimate of drug-likeness (QED) is 0.701. The normalized spacial score (nSPS) is 26.4. The highest BCUT2D eigenvalue weighted by Crippen LogP contribution is 2.52. The highest BCUT2D eigenvalue weighted by Gasteiger charge is 2.45. The minimum atomic E-state index is -2.20. The molecule has 1 aliphatic carbocycles. The molecule has 0 spiro atoms. The first-order valence-electron chi connectivity index (χ1n) is 4.32. The first-order chi connectivity index (χ1) is 6.20. The largest absolute Gasteiger partial charge is 0.398 e. The molecule has 13 heavy (non-hydrogen) atoms. The fourth-order valence-electron chi connectivity index (χ4n) is 1.70. The monoisotopic (exact) mass is 183 g/mol. The number of anilines is 1. The van der Waals surface area contributed by atoms with Gasteiger partial charge in [-0.15, -0.1) is 0 Å². The van der Waals surface area contributed by atoms with Crippen LogP contribution in [0.25, 0.3) is 0 Å². The molecule has 2 rings (SSSR count). The molecule has 2 atom stereocenters. The Labute approximate surface area is 75.6 Å². The second-order valence-electron chi connectivity index (χ2n) is 3.47. The zero-order valence-corrected chi connectivity index (χ0v) is 7.08. The van der Waals surface area contributed by atoms with Crippen molar-refractivity contribution in [2.75, 3.05) is 5.73 Å². The van der Waals surface area contributed by atoms with Gasteiger partial charge in [-0.05, 0) is 24.0 Å². The van der Waals surface area contributed by atoms with Crippen LogP contribution in [-0.2, 0) is 0 Å². The van der Waals surface area contributed by atoms with Crippen LogP contribution in [0, 0.1) is 5.92 Å². The van der Waals surface area contributed by atoms with Gasteiger partial charge in [0.15, 0.2) is 0 Å². The number of para-hydroxylation sites is 1. The number of nitrogen functional groups attached to an aromatic ring is 1. The molecule has 0 saturated heterocycles. The van der Waals surface area contributed by atoms with Crippen LogP contribution >= 0.6 is 0 Å². The Morgan fingerprint density at radius 2 is 2.00 bits per heavy atom. The Balaban J connectivity index is 2.16. The number of halogens is 2. The van der Waals surface area contributed by atoms with Crippen molar-refractivity contribution in [1.82, 2.24) is 0 Å². The molecule has 0 bridgehead atoms. The van der Waals surface area contributed by atoms with Crippen molar-refractivity contribution in [1.29, 1.82) is 0 Å². The van der Waals surface area contributed by atoms with Crippen LogP contribution in [0.15, 0.2) is 24.3 Å². The smallest absolute Gasteiger partial charge is 0.242 e. The van der Waals surface area contributed by atoms with Crippen LogP contribution in [0.1, 0.15) is 17.9 Å². The third-order valence-corrected chi connectivity index (χ3v) is 2.56. The molecule has 3 heteroatoms. The molecular formula is C10H11F2N. The van der Waals surface area contributed by atoms with Gasteiger partial charge in [-0.3, -0.25) is 0 Å². The molecule has 1 aliphatic rings. The van der Waals surface area contributed by atoms with E-state index in [9.17, 15) is 8.78 Å². The van der Waals surface area contributed by atoms with E-state index in [1.165, 1.54) is 0 Å². The van der Waals surface area contributed by atoms with E-state index in [-0.39, 0.29) is 5.92 Å². The molecule has 1 aromatic carbocycles. The molecule has 70 valence electrons. The Hall–Kier alpha value is -1.12. The van der Waals surface area contributed by atoms with Crippen molar-refractivity contribution in [3.8, 4) is 0 Å². The average Bonchev–Trinajstić information content (AvgIpc) is 2.84. The fraction of sp³-hybridized carbons (Fsp3) is 0.400. The van der Waals surface area contributed by atoms with Crippen LogP contribution in [0.5, 0.6) is 0 Å². The predicted octanol–water partition coefficient (Wildman–Crippen LogP) is 2.64. The van der Waals surface area contributed by atoms with Crippen molar-refractivity contribution in [2.45, 2.75) is 18.8 Å². The molecule has 0 amide bonds. The van der Waals surface area contributed by atoms with E-state index >= 15 is 0 Å². The molecule has 0 aromatic heterocycles. The minimum absolute atomic E-state index is 0.0128. The van der Waals surface area contributed by atoms with Crippen LogP contribution in [0.3, 0.4) is 0 Å². The van der Waals surface area contributed by atoms with Gasteiger partial charge in [0.1, 0.15) is 0 Å². The maximum atomic E-state index is 12.2. The summed E-state index contributed by atoms with van der Waals surface area (Å²) < 4.78 is 24.5. The van der Waals surface area contributed by atoms with Crippen LogP contribution < -0.4 is 5.73 Å². The van der Waals surface area contributed by atoms with E-state index in [0.717, 1.165) is 5.56 Å². The van der Waals surface area contributed by atoms with Gasteiger partial charge in [0.2, 0.25) is 6.43 Å². The highest BCUT2D eigenvalue weighted by molar-refractivity contribution is 5.50. The molecule has 1 nitrogen and oxygen atoms in total. The lowest BCUT2D eigenvalue weighted by molar-refractivity contribution is 0.120. The van der Waals surface area contributed by atoms with E-state index in [1.807, 2.05) is 18.2 Å². The zero-order valence-electron chi connectivity index (χ0n) is 7.08. The first kappa shape index (κ1) is 8.48. The highest BCUT2D eigenvalue weighted by atomic mass is 19.3. The molecule has 0 aliphatic heterocycles. The van der Waals surface area contributed by atoms with Gasteiger partial charge in [-0.2, -0.15) is 0 Å².